The molecule has 2 aliphatic rings. The Labute approximate surface area is 130 Å². The van der Waals surface area contributed by atoms with E-state index >= 15 is 0 Å². The summed E-state index contributed by atoms with van der Waals surface area (Å²) >= 11 is 5.81. The van der Waals surface area contributed by atoms with E-state index in [9.17, 15) is 14.4 Å². The lowest BCUT2D eigenvalue weighted by Gasteiger charge is -2.15. The van der Waals surface area contributed by atoms with Gasteiger partial charge in [-0.2, -0.15) is 0 Å². The third-order valence-corrected chi connectivity index (χ3v) is 3.62. The first-order valence-corrected chi connectivity index (χ1v) is 6.99. The first kappa shape index (κ1) is 14.6. The molecule has 2 heterocycles. The Morgan fingerprint density at radius 2 is 2.00 bits per heavy atom. The van der Waals surface area contributed by atoms with Crippen molar-refractivity contribution in [1.29, 1.82) is 0 Å². The maximum absolute atomic E-state index is 12.5. The van der Waals surface area contributed by atoms with Crippen LogP contribution in [0, 0.1) is 0 Å². The minimum Gasteiger partial charge on any atom is -0.461 e. The van der Waals surface area contributed by atoms with Crippen LogP contribution in [-0.2, 0) is 19.1 Å². The molecular formula is C14H12ClN3O4. The predicted molar refractivity (Wildman–Crippen MR) is 77.7 cm³/mol. The van der Waals surface area contributed by atoms with Gasteiger partial charge in [-0.05, 0) is 31.2 Å². The minimum absolute atomic E-state index is 0.0262. The summed E-state index contributed by atoms with van der Waals surface area (Å²) in [5, 5.41) is 0.495. The van der Waals surface area contributed by atoms with Gasteiger partial charge < -0.3 is 10.2 Å². The molecule has 3 rings (SSSR count). The van der Waals surface area contributed by atoms with E-state index in [1.807, 2.05) is 0 Å². The molecule has 1 fully saturated rings. The fourth-order valence-electron chi connectivity index (χ4n) is 2.39. The van der Waals surface area contributed by atoms with Crippen LogP contribution < -0.4 is 15.8 Å². The Hall–Kier alpha value is -2.38. The predicted octanol–water partition coefficient (Wildman–Crippen LogP) is 0.507. The summed E-state index contributed by atoms with van der Waals surface area (Å²) in [5.74, 6) is -1.70. The molecule has 2 amide bonds. The molecule has 1 aromatic rings. The van der Waals surface area contributed by atoms with Crippen LogP contribution in [0.5, 0.6) is 0 Å². The van der Waals surface area contributed by atoms with Gasteiger partial charge in [0, 0.05) is 5.02 Å². The standard InChI is InChI=1S/C14H12ClN3O4/c1-2-22-14(21)11-9-10(16-17-11)13(20)18(12(9)19)8-5-3-7(15)4-6-8/h3-6,10,16-17H,2H2,1H3. The first-order valence-electron chi connectivity index (χ1n) is 6.61. The summed E-state index contributed by atoms with van der Waals surface area (Å²) in [6, 6.07) is 5.40. The molecule has 2 aliphatic heterocycles. The van der Waals surface area contributed by atoms with Gasteiger partial charge >= 0.3 is 5.97 Å². The van der Waals surface area contributed by atoms with E-state index in [4.69, 9.17) is 16.3 Å². The van der Waals surface area contributed by atoms with Gasteiger partial charge in [0.25, 0.3) is 11.8 Å². The van der Waals surface area contributed by atoms with Crippen molar-refractivity contribution in [1.82, 2.24) is 10.9 Å². The Bertz CT molecular complexity index is 699. The Kier molecular flexibility index (Phi) is 3.59. The van der Waals surface area contributed by atoms with E-state index in [1.165, 1.54) is 0 Å². The van der Waals surface area contributed by atoms with Crippen molar-refractivity contribution in [2.24, 2.45) is 0 Å². The number of halogens is 1. The molecule has 7 nitrogen and oxygen atoms in total. The zero-order chi connectivity index (χ0) is 15.9. The number of nitrogens with zero attached hydrogens (tertiary/aromatic N) is 1. The fraction of sp³-hybridized carbons (Fsp3) is 0.214. The number of carbonyl (C=O) groups is 3. The molecule has 1 unspecified atom stereocenters. The number of amides is 2. The summed E-state index contributed by atoms with van der Waals surface area (Å²) in [6.07, 6.45) is 0. The molecule has 0 bridgehead atoms. The zero-order valence-electron chi connectivity index (χ0n) is 11.6. The number of carbonyl (C=O) groups excluding carboxylic acids is 3. The van der Waals surface area contributed by atoms with Crippen molar-refractivity contribution >= 4 is 35.1 Å². The smallest absolute Gasteiger partial charge is 0.356 e. The number of nitrogens with one attached hydrogen (secondary N) is 2. The third-order valence-electron chi connectivity index (χ3n) is 3.36. The lowest BCUT2D eigenvalue weighted by atomic mass is 10.1. The van der Waals surface area contributed by atoms with E-state index in [1.54, 1.807) is 31.2 Å². The molecule has 22 heavy (non-hydrogen) atoms. The van der Waals surface area contributed by atoms with Gasteiger partial charge in [0.1, 0.15) is 11.7 Å². The van der Waals surface area contributed by atoms with Crippen LogP contribution in [0.3, 0.4) is 0 Å². The van der Waals surface area contributed by atoms with Crippen molar-refractivity contribution in [3.63, 3.8) is 0 Å². The van der Waals surface area contributed by atoms with E-state index in [2.05, 4.69) is 10.9 Å². The van der Waals surface area contributed by atoms with Crippen molar-refractivity contribution in [2.75, 3.05) is 11.5 Å². The molecule has 0 radical (unpaired) electrons. The lowest BCUT2D eigenvalue weighted by molar-refractivity contribution is -0.139. The van der Waals surface area contributed by atoms with Crippen LogP contribution in [0.15, 0.2) is 35.5 Å². The van der Waals surface area contributed by atoms with Crippen LogP contribution in [0.2, 0.25) is 5.02 Å². The van der Waals surface area contributed by atoms with Crippen LogP contribution >= 0.6 is 11.6 Å². The number of benzene rings is 1. The molecule has 1 aromatic carbocycles. The highest BCUT2D eigenvalue weighted by molar-refractivity contribution is 6.33. The molecule has 2 N–H and O–H groups in total. The maximum Gasteiger partial charge on any atom is 0.356 e. The molecule has 1 atom stereocenters. The average Bonchev–Trinajstić information content (AvgIpc) is 3.03. The molecule has 1 saturated heterocycles. The summed E-state index contributed by atoms with van der Waals surface area (Å²) < 4.78 is 4.88. The Balaban J connectivity index is 1.99. The van der Waals surface area contributed by atoms with Gasteiger partial charge in [-0.15, -0.1) is 0 Å². The summed E-state index contributed by atoms with van der Waals surface area (Å²) in [4.78, 5) is 37.8. The SMILES string of the molecule is CCOC(=O)C1=C2C(=O)N(c3ccc(Cl)cc3)C(=O)C2NN1. The number of hydrogen-bond donors (Lipinski definition) is 2. The fourth-order valence-corrected chi connectivity index (χ4v) is 2.52. The highest BCUT2D eigenvalue weighted by atomic mass is 35.5. The van der Waals surface area contributed by atoms with Crippen LogP contribution in [0.25, 0.3) is 0 Å². The number of fused-ring (bicyclic) bond motifs is 1. The van der Waals surface area contributed by atoms with Crippen LogP contribution in [0.1, 0.15) is 6.92 Å². The number of hydrazine groups is 1. The van der Waals surface area contributed by atoms with Crippen LogP contribution in [0.4, 0.5) is 5.69 Å². The van der Waals surface area contributed by atoms with Gasteiger partial charge in [-0.1, -0.05) is 11.6 Å². The first-order chi connectivity index (χ1) is 10.5. The van der Waals surface area contributed by atoms with Gasteiger partial charge in [0.15, 0.2) is 0 Å². The zero-order valence-corrected chi connectivity index (χ0v) is 12.3. The summed E-state index contributed by atoms with van der Waals surface area (Å²) in [7, 11) is 0. The Morgan fingerprint density at radius 1 is 1.32 bits per heavy atom. The molecular weight excluding hydrogens is 310 g/mol. The third kappa shape index (κ3) is 2.15. The normalized spacial score (nSPS) is 20.3. The second kappa shape index (κ2) is 5.43. The quantitative estimate of drug-likeness (QED) is 0.623. The summed E-state index contributed by atoms with van der Waals surface area (Å²) in [6.45, 7) is 1.83. The second-order valence-corrected chi connectivity index (χ2v) is 5.10. The molecule has 0 spiro atoms. The number of anilines is 1. The number of ether oxygens (including phenoxy) is 1. The monoisotopic (exact) mass is 321 g/mol. The highest BCUT2D eigenvalue weighted by Crippen LogP contribution is 2.30. The lowest BCUT2D eigenvalue weighted by Crippen LogP contribution is -2.42. The van der Waals surface area contributed by atoms with E-state index in [0.717, 1.165) is 4.90 Å². The molecule has 114 valence electrons. The largest absolute Gasteiger partial charge is 0.461 e. The van der Waals surface area contributed by atoms with Gasteiger partial charge in [-0.3, -0.25) is 9.59 Å². The molecule has 0 aliphatic carbocycles. The maximum atomic E-state index is 12.5. The number of rotatable bonds is 3. The van der Waals surface area contributed by atoms with E-state index in [0.29, 0.717) is 10.7 Å². The van der Waals surface area contributed by atoms with Crippen molar-refractivity contribution in [2.45, 2.75) is 13.0 Å². The number of esters is 1. The molecule has 0 aromatic heterocycles. The minimum atomic E-state index is -0.900. The topological polar surface area (TPSA) is 87.7 Å². The average molecular weight is 322 g/mol. The summed E-state index contributed by atoms with van der Waals surface area (Å²) in [5.41, 5.74) is 5.62. The van der Waals surface area contributed by atoms with Crippen molar-refractivity contribution < 1.29 is 19.1 Å². The van der Waals surface area contributed by atoms with Gasteiger partial charge in [0.05, 0.1) is 17.9 Å². The second-order valence-electron chi connectivity index (χ2n) is 4.67. The van der Waals surface area contributed by atoms with Gasteiger partial charge in [-0.25, -0.2) is 15.1 Å². The highest BCUT2D eigenvalue weighted by Gasteiger charge is 2.50. The van der Waals surface area contributed by atoms with E-state index < -0.39 is 23.8 Å². The molecule has 8 heteroatoms. The van der Waals surface area contributed by atoms with Gasteiger partial charge in [0.2, 0.25) is 0 Å². The number of hydrogen-bond acceptors (Lipinski definition) is 6. The van der Waals surface area contributed by atoms with Crippen LogP contribution in [-0.4, -0.2) is 30.4 Å². The van der Waals surface area contributed by atoms with Crippen molar-refractivity contribution in [3.8, 4) is 0 Å². The molecule has 0 saturated carbocycles. The van der Waals surface area contributed by atoms with Crippen molar-refractivity contribution in [3.05, 3.63) is 40.6 Å². The van der Waals surface area contributed by atoms with E-state index in [-0.39, 0.29) is 17.9 Å². The Morgan fingerprint density at radius 3 is 2.64 bits per heavy atom. The number of imide groups is 1.